The van der Waals surface area contributed by atoms with Gasteiger partial charge < -0.3 is 14.4 Å². The molecule has 1 amide bonds. The van der Waals surface area contributed by atoms with E-state index in [2.05, 4.69) is 16.7 Å². The molecular formula is C17H20N2O3. The Morgan fingerprint density at radius 2 is 2.05 bits per heavy atom. The second-order valence-corrected chi connectivity index (χ2v) is 5.42. The van der Waals surface area contributed by atoms with Crippen LogP contribution in [0, 0.1) is 11.8 Å². The molecule has 0 bridgehead atoms. The molecule has 0 aromatic heterocycles. The van der Waals surface area contributed by atoms with Gasteiger partial charge in [0.2, 0.25) is 5.91 Å². The zero-order chi connectivity index (χ0) is 15.4. The van der Waals surface area contributed by atoms with Gasteiger partial charge in [0.1, 0.15) is 5.75 Å². The summed E-state index contributed by atoms with van der Waals surface area (Å²) in [6, 6.07) is 5.75. The molecule has 2 aliphatic rings. The molecule has 2 aliphatic heterocycles. The van der Waals surface area contributed by atoms with Crippen LogP contribution in [0.4, 0.5) is 5.69 Å². The van der Waals surface area contributed by atoms with Crippen molar-refractivity contribution in [2.45, 2.75) is 6.42 Å². The summed E-state index contributed by atoms with van der Waals surface area (Å²) in [5.41, 5.74) is 1.69. The number of nitrogens with zero attached hydrogens (tertiary/aromatic N) is 2. The number of anilines is 1. The van der Waals surface area contributed by atoms with Crippen LogP contribution in [-0.2, 0) is 9.53 Å². The van der Waals surface area contributed by atoms with Crippen LogP contribution in [0.3, 0.4) is 0 Å². The van der Waals surface area contributed by atoms with Crippen molar-refractivity contribution in [2.24, 2.45) is 0 Å². The summed E-state index contributed by atoms with van der Waals surface area (Å²) < 4.78 is 10.9. The third-order valence-electron chi connectivity index (χ3n) is 3.91. The molecule has 116 valence electrons. The van der Waals surface area contributed by atoms with Crippen LogP contribution >= 0.6 is 0 Å². The van der Waals surface area contributed by atoms with E-state index in [-0.39, 0.29) is 5.91 Å². The minimum atomic E-state index is 0.0668. The molecule has 0 unspecified atom stereocenters. The van der Waals surface area contributed by atoms with Gasteiger partial charge >= 0.3 is 0 Å². The number of ether oxygens (including phenoxy) is 2. The van der Waals surface area contributed by atoms with Crippen LogP contribution in [0.2, 0.25) is 0 Å². The van der Waals surface area contributed by atoms with E-state index < -0.39 is 0 Å². The Labute approximate surface area is 130 Å². The molecule has 0 N–H and O–H groups in total. The van der Waals surface area contributed by atoms with Gasteiger partial charge in [-0.3, -0.25) is 9.69 Å². The van der Waals surface area contributed by atoms with Crippen LogP contribution in [-0.4, -0.2) is 57.3 Å². The van der Waals surface area contributed by atoms with E-state index in [4.69, 9.17) is 9.47 Å². The van der Waals surface area contributed by atoms with Crippen molar-refractivity contribution >= 4 is 11.6 Å². The number of amides is 1. The van der Waals surface area contributed by atoms with Crippen molar-refractivity contribution in [3.63, 3.8) is 0 Å². The maximum absolute atomic E-state index is 11.9. The minimum Gasteiger partial charge on any atom is -0.491 e. The van der Waals surface area contributed by atoms with Crippen molar-refractivity contribution < 1.29 is 14.3 Å². The molecule has 1 saturated heterocycles. The topological polar surface area (TPSA) is 42.0 Å². The molecule has 5 nitrogen and oxygen atoms in total. The first-order valence-corrected chi connectivity index (χ1v) is 7.56. The number of hydrogen-bond acceptors (Lipinski definition) is 4. The van der Waals surface area contributed by atoms with Gasteiger partial charge in [-0.15, -0.1) is 0 Å². The van der Waals surface area contributed by atoms with Crippen LogP contribution in [0.25, 0.3) is 0 Å². The molecule has 3 rings (SSSR count). The Hall–Kier alpha value is -2.03. The van der Waals surface area contributed by atoms with Gasteiger partial charge in [-0.1, -0.05) is 11.8 Å². The zero-order valence-corrected chi connectivity index (χ0v) is 12.8. The highest BCUT2D eigenvalue weighted by Crippen LogP contribution is 2.31. The summed E-state index contributed by atoms with van der Waals surface area (Å²) in [5.74, 6) is 7.18. The maximum atomic E-state index is 11.9. The Morgan fingerprint density at radius 1 is 1.23 bits per heavy atom. The first kappa shape index (κ1) is 14.9. The standard InChI is InChI=1S/C17H20N2O3/c1-18-15-13-14(3-2-7-19-8-11-21-12-9-19)4-5-16(15)22-10-6-17(18)20/h4-5,13H,6-12H2,1H3. The first-order chi connectivity index (χ1) is 10.7. The van der Waals surface area contributed by atoms with Crippen molar-refractivity contribution in [1.29, 1.82) is 0 Å². The molecular weight excluding hydrogens is 280 g/mol. The molecule has 0 atom stereocenters. The predicted molar refractivity (Wildman–Crippen MR) is 84.1 cm³/mol. The van der Waals surface area contributed by atoms with E-state index in [0.29, 0.717) is 13.0 Å². The van der Waals surface area contributed by atoms with E-state index in [9.17, 15) is 4.79 Å². The zero-order valence-electron chi connectivity index (χ0n) is 12.8. The number of fused-ring (bicyclic) bond motifs is 1. The average molecular weight is 300 g/mol. The molecule has 2 heterocycles. The molecule has 1 aromatic rings. The van der Waals surface area contributed by atoms with E-state index in [0.717, 1.165) is 49.8 Å². The Bertz CT molecular complexity index is 612. The molecule has 1 fully saturated rings. The second kappa shape index (κ2) is 6.82. The summed E-state index contributed by atoms with van der Waals surface area (Å²) in [5, 5.41) is 0. The van der Waals surface area contributed by atoms with E-state index in [1.807, 2.05) is 18.2 Å². The van der Waals surface area contributed by atoms with Crippen LogP contribution in [0.5, 0.6) is 5.75 Å². The first-order valence-electron chi connectivity index (χ1n) is 7.56. The second-order valence-electron chi connectivity index (χ2n) is 5.42. The molecule has 1 aromatic carbocycles. The molecule has 0 radical (unpaired) electrons. The fraction of sp³-hybridized carbons (Fsp3) is 0.471. The normalized spacial score (nSPS) is 18.8. The lowest BCUT2D eigenvalue weighted by molar-refractivity contribution is -0.118. The van der Waals surface area contributed by atoms with Crippen LogP contribution in [0.15, 0.2) is 18.2 Å². The highest BCUT2D eigenvalue weighted by molar-refractivity contribution is 5.95. The Kier molecular flexibility index (Phi) is 4.62. The number of morpholine rings is 1. The van der Waals surface area contributed by atoms with Crippen LogP contribution in [0.1, 0.15) is 12.0 Å². The van der Waals surface area contributed by atoms with Gasteiger partial charge in [-0.2, -0.15) is 0 Å². The minimum absolute atomic E-state index is 0.0668. The molecule has 22 heavy (non-hydrogen) atoms. The summed E-state index contributed by atoms with van der Waals surface area (Å²) in [6.45, 7) is 4.60. The van der Waals surface area contributed by atoms with Crippen molar-refractivity contribution in [3.05, 3.63) is 23.8 Å². The number of hydrogen-bond donors (Lipinski definition) is 0. The summed E-state index contributed by atoms with van der Waals surface area (Å²) in [6.07, 6.45) is 0.406. The molecule has 5 heteroatoms. The number of rotatable bonds is 1. The molecule has 0 spiro atoms. The maximum Gasteiger partial charge on any atom is 0.230 e. The van der Waals surface area contributed by atoms with Gasteiger partial charge in [0.15, 0.2) is 0 Å². The molecule has 0 saturated carbocycles. The van der Waals surface area contributed by atoms with Gasteiger partial charge in [-0.25, -0.2) is 0 Å². The lowest BCUT2D eigenvalue weighted by Gasteiger charge is -2.24. The average Bonchev–Trinajstić information content (AvgIpc) is 2.68. The van der Waals surface area contributed by atoms with Gasteiger partial charge in [0.05, 0.1) is 38.5 Å². The fourth-order valence-electron chi connectivity index (χ4n) is 2.54. The van der Waals surface area contributed by atoms with Crippen molar-refractivity contribution in [3.8, 4) is 17.6 Å². The van der Waals surface area contributed by atoms with Crippen molar-refractivity contribution in [1.82, 2.24) is 4.90 Å². The Morgan fingerprint density at radius 3 is 2.86 bits per heavy atom. The van der Waals surface area contributed by atoms with E-state index in [1.54, 1.807) is 11.9 Å². The Balaban J connectivity index is 1.73. The highest BCUT2D eigenvalue weighted by atomic mass is 16.5. The van der Waals surface area contributed by atoms with Crippen LogP contribution < -0.4 is 9.64 Å². The summed E-state index contributed by atoms with van der Waals surface area (Å²) in [4.78, 5) is 15.8. The fourth-order valence-corrected chi connectivity index (χ4v) is 2.54. The predicted octanol–water partition coefficient (Wildman–Crippen LogP) is 1.12. The number of benzene rings is 1. The summed E-state index contributed by atoms with van der Waals surface area (Å²) >= 11 is 0. The largest absolute Gasteiger partial charge is 0.491 e. The highest BCUT2D eigenvalue weighted by Gasteiger charge is 2.19. The monoisotopic (exact) mass is 300 g/mol. The summed E-state index contributed by atoms with van der Waals surface area (Å²) in [7, 11) is 1.78. The van der Waals surface area contributed by atoms with Crippen molar-refractivity contribution in [2.75, 3.05) is 51.4 Å². The van der Waals surface area contributed by atoms with Gasteiger partial charge in [-0.05, 0) is 18.2 Å². The van der Waals surface area contributed by atoms with Gasteiger partial charge in [0, 0.05) is 25.7 Å². The quantitative estimate of drug-likeness (QED) is 0.729. The molecule has 0 aliphatic carbocycles. The number of carbonyl (C=O) groups excluding carboxylic acids is 1. The van der Waals surface area contributed by atoms with Gasteiger partial charge in [0.25, 0.3) is 0 Å². The SMILES string of the molecule is CN1C(=O)CCOc2ccc(C#CCN3CCOCC3)cc21. The smallest absolute Gasteiger partial charge is 0.230 e. The van der Waals surface area contributed by atoms with E-state index in [1.165, 1.54) is 0 Å². The lowest BCUT2D eigenvalue weighted by Crippen LogP contribution is -2.36. The lowest BCUT2D eigenvalue weighted by atomic mass is 10.1. The third kappa shape index (κ3) is 3.41. The van der Waals surface area contributed by atoms with E-state index >= 15 is 0 Å². The third-order valence-corrected chi connectivity index (χ3v) is 3.91. The number of carbonyl (C=O) groups is 1.